The average Bonchev–Trinajstić information content (AvgIpc) is 2.53. The van der Waals surface area contributed by atoms with Gasteiger partial charge in [-0.05, 0) is 30.3 Å². The van der Waals surface area contributed by atoms with Crippen molar-refractivity contribution in [1.82, 2.24) is 0 Å². The number of amides is 1. The van der Waals surface area contributed by atoms with Crippen molar-refractivity contribution in [3.05, 3.63) is 53.1 Å². The Morgan fingerprint density at radius 2 is 1.87 bits per heavy atom. The normalized spacial score (nSPS) is 11.1. The van der Waals surface area contributed by atoms with Gasteiger partial charge < -0.3 is 10.5 Å². The lowest BCUT2D eigenvalue weighted by Gasteiger charge is -2.21. The molecule has 0 saturated heterocycles. The summed E-state index contributed by atoms with van der Waals surface area (Å²) < 4.78 is 31.8. The van der Waals surface area contributed by atoms with Gasteiger partial charge in [0.25, 0.3) is 10.0 Å². The zero-order valence-corrected chi connectivity index (χ0v) is 14.1. The molecule has 2 N–H and O–H groups in total. The molecule has 0 aliphatic heterocycles. The van der Waals surface area contributed by atoms with E-state index in [1.54, 1.807) is 24.3 Å². The zero-order chi connectivity index (χ0) is 17.2. The minimum atomic E-state index is -3.91. The number of primary amides is 1. The lowest BCUT2D eigenvalue weighted by atomic mass is 10.2. The number of benzene rings is 2. The van der Waals surface area contributed by atoms with Crippen molar-refractivity contribution in [2.75, 3.05) is 18.5 Å². The molecule has 0 bridgehead atoms. The molecule has 0 spiro atoms. The number of para-hydroxylation sites is 2. The van der Waals surface area contributed by atoms with Crippen LogP contribution in [0.4, 0.5) is 5.69 Å². The second kappa shape index (κ2) is 6.47. The molecule has 0 saturated carbocycles. The van der Waals surface area contributed by atoms with Crippen LogP contribution in [0.1, 0.15) is 10.4 Å². The van der Waals surface area contributed by atoms with Crippen molar-refractivity contribution in [2.24, 2.45) is 5.73 Å². The molecule has 2 rings (SSSR count). The second-order valence-electron chi connectivity index (χ2n) is 4.65. The molecular weight excluding hydrogens is 340 g/mol. The summed E-state index contributed by atoms with van der Waals surface area (Å²) in [5.41, 5.74) is 5.52. The highest BCUT2D eigenvalue weighted by atomic mass is 35.5. The van der Waals surface area contributed by atoms with Crippen LogP contribution in [0.2, 0.25) is 5.02 Å². The monoisotopic (exact) mass is 354 g/mol. The minimum Gasteiger partial charge on any atom is -0.495 e. The molecule has 2 aromatic rings. The zero-order valence-electron chi connectivity index (χ0n) is 12.5. The highest BCUT2D eigenvalue weighted by Gasteiger charge is 2.25. The molecule has 0 atom stereocenters. The number of sulfonamides is 1. The van der Waals surface area contributed by atoms with E-state index in [1.165, 1.54) is 26.3 Å². The van der Waals surface area contributed by atoms with Crippen LogP contribution in [-0.2, 0) is 10.0 Å². The first kappa shape index (κ1) is 17.1. The maximum Gasteiger partial charge on any atom is 0.264 e. The summed E-state index contributed by atoms with van der Waals surface area (Å²) >= 11 is 5.86. The predicted octanol–water partition coefficient (Wildman–Crippen LogP) is 2.27. The van der Waals surface area contributed by atoms with Gasteiger partial charge in [-0.15, -0.1) is 0 Å². The molecule has 0 heterocycles. The third-order valence-electron chi connectivity index (χ3n) is 3.29. The molecule has 0 aliphatic rings. The van der Waals surface area contributed by atoms with Gasteiger partial charge in [-0.1, -0.05) is 23.7 Å². The fraction of sp³-hybridized carbons (Fsp3) is 0.133. The third kappa shape index (κ3) is 3.25. The van der Waals surface area contributed by atoms with Crippen molar-refractivity contribution in [2.45, 2.75) is 4.90 Å². The van der Waals surface area contributed by atoms with Crippen molar-refractivity contribution in [1.29, 1.82) is 0 Å². The summed E-state index contributed by atoms with van der Waals surface area (Å²) in [5.74, 6) is -0.394. The molecule has 122 valence electrons. The number of carbonyl (C=O) groups excluding carboxylic acids is 1. The van der Waals surface area contributed by atoms with E-state index < -0.39 is 15.9 Å². The van der Waals surface area contributed by atoms with Gasteiger partial charge in [0.1, 0.15) is 5.75 Å². The summed E-state index contributed by atoms with van der Waals surface area (Å²) in [7, 11) is -1.06. The van der Waals surface area contributed by atoms with Crippen LogP contribution in [0, 0.1) is 0 Å². The largest absolute Gasteiger partial charge is 0.495 e. The van der Waals surface area contributed by atoms with Gasteiger partial charge in [-0.3, -0.25) is 9.10 Å². The Balaban J connectivity index is 2.54. The Morgan fingerprint density at radius 3 is 2.48 bits per heavy atom. The molecular formula is C15H15ClN2O4S. The lowest BCUT2D eigenvalue weighted by Crippen LogP contribution is -2.27. The van der Waals surface area contributed by atoms with Crippen LogP contribution in [0.25, 0.3) is 0 Å². The number of hydrogen-bond acceptors (Lipinski definition) is 4. The first-order valence-electron chi connectivity index (χ1n) is 6.50. The predicted molar refractivity (Wildman–Crippen MR) is 88.6 cm³/mol. The number of ether oxygens (including phenoxy) is 1. The quantitative estimate of drug-likeness (QED) is 0.891. The summed E-state index contributed by atoms with van der Waals surface area (Å²) in [6.07, 6.45) is 0. The van der Waals surface area contributed by atoms with Crippen molar-refractivity contribution >= 4 is 33.2 Å². The van der Waals surface area contributed by atoms with E-state index in [9.17, 15) is 13.2 Å². The Hall–Kier alpha value is -2.25. The van der Waals surface area contributed by atoms with Crippen LogP contribution in [0.3, 0.4) is 0 Å². The molecule has 2 aromatic carbocycles. The first-order chi connectivity index (χ1) is 10.8. The molecule has 0 unspecified atom stereocenters. The van der Waals surface area contributed by atoms with Gasteiger partial charge in [-0.25, -0.2) is 8.42 Å². The Morgan fingerprint density at radius 1 is 1.22 bits per heavy atom. The van der Waals surface area contributed by atoms with E-state index >= 15 is 0 Å². The van der Waals surface area contributed by atoms with Crippen LogP contribution < -0.4 is 14.8 Å². The molecule has 0 radical (unpaired) electrons. The number of nitrogens with zero attached hydrogens (tertiary/aromatic N) is 1. The smallest absolute Gasteiger partial charge is 0.264 e. The maximum absolute atomic E-state index is 12.8. The third-order valence-corrected chi connectivity index (χ3v) is 5.38. The van der Waals surface area contributed by atoms with Gasteiger partial charge in [0.2, 0.25) is 5.91 Å². The second-order valence-corrected chi connectivity index (χ2v) is 7.03. The SMILES string of the molecule is COc1ccccc1N(C)S(=O)(=O)c1ccc(Cl)c(C(N)=O)c1. The van der Waals surface area contributed by atoms with Crippen molar-refractivity contribution < 1.29 is 17.9 Å². The number of halogens is 1. The minimum absolute atomic E-state index is 0.0545. The van der Waals surface area contributed by atoms with Crippen molar-refractivity contribution in [3.63, 3.8) is 0 Å². The molecule has 1 amide bonds. The highest BCUT2D eigenvalue weighted by Crippen LogP contribution is 2.31. The van der Waals surface area contributed by atoms with Gasteiger partial charge in [0.05, 0.1) is 28.3 Å². The summed E-state index contributed by atoms with van der Waals surface area (Å²) in [4.78, 5) is 11.3. The van der Waals surface area contributed by atoms with Gasteiger partial charge >= 0.3 is 0 Å². The average molecular weight is 355 g/mol. The topological polar surface area (TPSA) is 89.7 Å². The van der Waals surface area contributed by atoms with Crippen LogP contribution in [0.15, 0.2) is 47.4 Å². The Labute approximate surface area is 139 Å². The lowest BCUT2D eigenvalue weighted by molar-refractivity contribution is 0.1000. The van der Waals surface area contributed by atoms with Gasteiger partial charge in [0.15, 0.2) is 0 Å². The Kier molecular flexibility index (Phi) is 4.82. The Bertz CT molecular complexity index is 852. The van der Waals surface area contributed by atoms with Crippen LogP contribution >= 0.6 is 11.6 Å². The first-order valence-corrected chi connectivity index (χ1v) is 8.32. The van der Waals surface area contributed by atoms with E-state index in [0.29, 0.717) is 11.4 Å². The summed E-state index contributed by atoms with van der Waals surface area (Å²) in [5, 5.41) is 0.0939. The van der Waals surface area contributed by atoms with E-state index in [-0.39, 0.29) is 15.5 Å². The number of methoxy groups -OCH3 is 1. The molecule has 0 aliphatic carbocycles. The number of carbonyl (C=O) groups is 1. The van der Waals surface area contributed by atoms with E-state index in [1.807, 2.05) is 0 Å². The molecule has 0 aromatic heterocycles. The number of rotatable bonds is 5. The number of anilines is 1. The number of nitrogens with two attached hydrogens (primary N) is 1. The van der Waals surface area contributed by atoms with E-state index in [2.05, 4.69) is 0 Å². The molecule has 6 nitrogen and oxygen atoms in total. The fourth-order valence-electron chi connectivity index (χ4n) is 2.03. The molecule has 23 heavy (non-hydrogen) atoms. The standard InChI is InChI=1S/C15H15ClN2O4S/c1-18(13-5-3-4-6-14(13)22-2)23(20,21)10-7-8-12(16)11(9-10)15(17)19/h3-9H,1-2H3,(H2,17,19). The van der Waals surface area contributed by atoms with Crippen molar-refractivity contribution in [3.8, 4) is 5.75 Å². The van der Waals surface area contributed by atoms with Gasteiger partial charge in [0, 0.05) is 7.05 Å². The fourth-order valence-corrected chi connectivity index (χ4v) is 3.47. The maximum atomic E-state index is 12.8. The van der Waals surface area contributed by atoms with E-state index in [0.717, 1.165) is 10.4 Å². The van der Waals surface area contributed by atoms with E-state index in [4.69, 9.17) is 22.1 Å². The van der Waals surface area contributed by atoms with Gasteiger partial charge in [-0.2, -0.15) is 0 Å². The highest BCUT2D eigenvalue weighted by molar-refractivity contribution is 7.92. The summed E-state index contributed by atoms with van der Waals surface area (Å²) in [6.45, 7) is 0. The summed E-state index contributed by atoms with van der Waals surface area (Å²) in [6, 6.07) is 10.5. The van der Waals surface area contributed by atoms with Crippen LogP contribution in [-0.4, -0.2) is 28.5 Å². The van der Waals surface area contributed by atoms with Crippen LogP contribution in [0.5, 0.6) is 5.75 Å². The molecule has 8 heteroatoms. The number of hydrogen-bond donors (Lipinski definition) is 1. The molecule has 0 fully saturated rings.